The molecule has 0 atom stereocenters. The highest BCUT2D eigenvalue weighted by Gasteiger charge is 2.18. The number of nitrogens with one attached hydrogen (secondary N) is 1. The number of ether oxygens (including phenoxy) is 1. The average Bonchev–Trinajstić information content (AvgIpc) is 2.38. The first-order chi connectivity index (χ1) is 9.88. The normalized spacial score (nSPS) is 11.5. The van der Waals surface area contributed by atoms with Gasteiger partial charge in [-0.25, -0.2) is 9.97 Å². The Bertz CT molecular complexity index is 623. The van der Waals surface area contributed by atoms with Gasteiger partial charge < -0.3 is 10.1 Å². The smallest absolute Gasteiger partial charge is 0.137 e. The zero-order chi connectivity index (χ0) is 15.5. The van der Waals surface area contributed by atoms with Gasteiger partial charge in [0.1, 0.15) is 16.8 Å². The Labute approximate surface area is 130 Å². The highest BCUT2D eigenvalue weighted by atomic mass is 35.5. The summed E-state index contributed by atoms with van der Waals surface area (Å²) in [7, 11) is 1.68. The Morgan fingerprint density at radius 2 is 1.95 bits per heavy atom. The quantitative estimate of drug-likeness (QED) is 0.855. The largest absolute Gasteiger partial charge is 0.380 e. The van der Waals surface area contributed by atoms with Gasteiger partial charge in [-0.2, -0.15) is 0 Å². The molecule has 1 aromatic heterocycles. The molecular formula is C16H20ClN3O. The summed E-state index contributed by atoms with van der Waals surface area (Å²) >= 11 is 6.09. The molecule has 0 radical (unpaired) electrons. The molecule has 0 bridgehead atoms. The molecule has 0 unspecified atom stereocenters. The first-order valence-corrected chi connectivity index (χ1v) is 7.16. The summed E-state index contributed by atoms with van der Waals surface area (Å²) in [5, 5.41) is 3.70. The lowest BCUT2D eigenvalue weighted by molar-refractivity contribution is 0.185. The number of hydrogen-bond acceptors (Lipinski definition) is 4. The van der Waals surface area contributed by atoms with Gasteiger partial charge >= 0.3 is 0 Å². The van der Waals surface area contributed by atoms with Crippen molar-refractivity contribution in [2.75, 3.05) is 12.4 Å². The summed E-state index contributed by atoms with van der Waals surface area (Å²) in [5.74, 6) is 1.40. The minimum Gasteiger partial charge on any atom is -0.380 e. The van der Waals surface area contributed by atoms with E-state index in [0.29, 0.717) is 23.4 Å². The zero-order valence-corrected chi connectivity index (χ0v) is 13.5. The number of anilines is 2. The molecule has 0 amide bonds. The minimum absolute atomic E-state index is 0.154. The van der Waals surface area contributed by atoms with E-state index in [0.717, 1.165) is 11.3 Å². The van der Waals surface area contributed by atoms with Crippen molar-refractivity contribution in [2.24, 2.45) is 0 Å². The first kappa shape index (κ1) is 15.7. The molecule has 1 heterocycles. The van der Waals surface area contributed by atoms with Crippen LogP contribution in [0.5, 0.6) is 0 Å². The molecule has 0 aliphatic rings. The van der Waals surface area contributed by atoms with Crippen molar-refractivity contribution in [3.63, 3.8) is 0 Å². The lowest BCUT2D eigenvalue weighted by Crippen LogP contribution is -2.16. The average molecular weight is 306 g/mol. The SMILES string of the molecule is COCc1cccc(Nc2cc(Cl)nc(C(C)(C)C)n2)c1. The standard InChI is InChI=1S/C16H20ClN3O/c1-16(2,3)15-19-13(17)9-14(20-15)18-12-7-5-6-11(8-12)10-21-4/h5-9H,10H2,1-4H3,(H,18,19,20). The predicted octanol–water partition coefficient (Wildman–Crippen LogP) is 4.32. The second-order valence-corrected chi connectivity index (χ2v) is 6.30. The molecule has 0 spiro atoms. The van der Waals surface area contributed by atoms with Gasteiger partial charge in [-0.3, -0.25) is 0 Å². The fourth-order valence-corrected chi connectivity index (χ4v) is 2.05. The molecule has 2 rings (SSSR count). The van der Waals surface area contributed by atoms with E-state index in [4.69, 9.17) is 16.3 Å². The van der Waals surface area contributed by atoms with Gasteiger partial charge in [-0.1, -0.05) is 44.5 Å². The Morgan fingerprint density at radius 3 is 2.62 bits per heavy atom. The third-order valence-electron chi connectivity index (χ3n) is 2.88. The third kappa shape index (κ3) is 4.41. The van der Waals surface area contributed by atoms with Crippen molar-refractivity contribution < 1.29 is 4.74 Å². The Hall–Kier alpha value is -1.65. The zero-order valence-electron chi connectivity index (χ0n) is 12.8. The fraction of sp³-hybridized carbons (Fsp3) is 0.375. The summed E-state index contributed by atoms with van der Waals surface area (Å²) in [4.78, 5) is 8.83. The van der Waals surface area contributed by atoms with E-state index < -0.39 is 0 Å². The fourth-order valence-electron chi connectivity index (χ4n) is 1.87. The van der Waals surface area contributed by atoms with Crippen LogP contribution in [0, 0.1) is 0 Å². The maximum Gasteiger partial charge on any atom is 0.137 e. The Morgan fingerprint density at radius 1 is 1.19 bits per heavy atom. The van der Waals surface area contributed by atoms with Gasteiger partial charge in [0.15, 0.2) is 0 Å². The first-order valence-electron chi connectivity index (χ1n) is 6.78. The molecule has 4 nitrogen and oxygen atoms in total. The van der Waals surface area contributed by atoms with Crippen molar-refractivity contribution in [1.82, 2.24) is 9.97 Å². The topological polar surface area (TPSA) is 47.0 Å². The Balaban J connectivity index is 2.27. The molecular weight excluding hydrogens is 286 g/mol. The van der Waals surface area contributed by atoms with Gasteiger partial charge in [0.05, 0.1) is 6.61 Å². The minimum atomic E-state index is -0.154. The number of aromatic nitrogens is 2. The number of nitrogens with zero attached hydrogens (tertiary/aromatic N) is 2. The molecule has 21 heavy (non-hydrogen) atoms. The van der Waals surface area contributed by atoms with Crippen LogP contribution in [0.15, 0.2) is 30.3 Å². The number of rotatable bonds is 4. The van der Waals surface area contributed by atoms with E-state index in [1.165, 1.54) is 0 Å². The van der Waals surface area contributed by atoms with E-state index in [1.54, 1.807) is 13.2 Å². The van der Waals surface area contributed by atoms with Crippen LogP contribution >= 0.6 is 11.6 Å². The number of benzene rings is 1. The van der Waals surface area contributed by atoms with Gasteiger partial charge in [0.25, 0.3) is 0 Å². The van der Waals surface area contributed by atoms with Gasteiger partial charge in [0, 0.05) is 24.3 Å². The molecule has 0 saturated carbocycles. The van der Waals surface area contributed by atoms with E-state index in [1.807, 2.05) is 24.3 Å². The highest BCUT2D eigenvalue weighted by Crippen LogP contribution is 2.24. The number of hydrogen-bond donors (Lipinski definition) is 1. The van der Waals surface area contributed by atoms with Gasteiger partial charge in [-0.15, -0.1) is 0 Å². The molecule has 1 aromatic carbocycles. The van der Waals surface area contributed by atoms with Crippen LogP contribution in [0.25, 0.3) is 0 Å². The second-order valence-electron chi connectivity index (χ2n) is 5.91. The van der Waals surface area contributed by atoms with E-state index in [9.17, 15) is 0 Å². The van der Waals surface area contributed by atoms with Crippen LogP contribution in [0.1, 0.15) is 32.2 Å². The van der Waals surface area contributed by atoms with E-state index >= 15 is 0 Å². The van der Waals surface area contributed by atoms with Crippen LogP contribution in [-0.4, -0.2) is 17.1 Å². The molecule has 2 aromatic rings. The third-order valence-corrected chi connectivity index (χ3v) is 3.07. The molecule has 5 heteroatoms. The summed E-state index contributed by atoms with van der Waals surface area (Å²) in [5.41, 5.74) is 1.89. The van der Waals surface area contributed by atoms with Crippen molar-refractivity contribution in [2.45, 2.75) is 32.8 Å². The van der Waals surface area contributed by atoms with Gasteiger partial charge in [0.2, 0.25) is 0 Å². The second kappa shape index (κ2) is 6.41. The van der Waals surface area contributed by atoms with Crippen molar-refractivity contribution in [3.05, 3.63) is 46.9 Å². The number of halogens is 1. The molecule has 0 aliphatic carbocycles. The molecule has 112 valence electrons. The van der Waals surface area contributed by atoms with Crippen LogP contribution in [0.3, 0.4) is 0 Å². The van der Waals surface area contributed by atoms with E-state index in [-0.39, 0.29) is 5.41 Å². The summed E-state index contributed by atoms with van der Waals surface area (Å²) in [6.45, 7) is 6.75. The maximum absolute atomic E-state index is 6.09. The van der Waals surface area contributed by atoms with Gasteiger partial charge in [-0.05, 0) is 17.7 Å². The van der Waals surface area contributed by atoms with Crippen molar-refractivity contribution in [3.8, 4) is 0 Å². The molecule has 0 aliphatic heterocycles. The van der Waals surface area contributed by atoms with Crippen LogP contribution in [0.2, 0.25) is 5.15 Å². The van der Waals surface area contributed by atoms with Crippen LogP contribution in [0.4, 0.5) is 11.5 Å². The Kier molecular flexibility index (Phi) is 4.80. The van der Waals surface area contributed by atoms with Crippen molar-refractivity contribution >= 4 is 23.1 Å². The molecule has 0 saturated heterocycles. The molecule has 0 fully saturated rings. The summed E-state index contributed by atoms with van der Waals surface area (Å²) in [6, 6.07) is 9.72. The van der Waals surface area contributed by atoms with Crippen molar-refractivity contribution in [1.29, 1.82) is 0 Å². The monoisotopic (exact) mass is 305 g/mol. The summed E-state index contributed by atoms with van der Waals surface area (Å²) < 4.78 is 5.14. The maximum atomic E-state index is 6.09. The van der Waals surface area contributed by atoms with E-state index in [2.05, 4.69) is 36.1 Å². The molecule has 1 N–H and O–H groups in total. The van der Waals surface area contributed by atoms with Crippen LogP contribution in [-0.2, 0) is 16.8 Å². The lowest BCUT2D eigenvalue weighted by atomic mass is 9.96. The highest BCUT2D eigenvalue weighted by molar-refractivity contribution is 6.29. The van der Waals surface area contributed by atoms with Crippen LogP contribution < -0.4 is 5.32 Å². The number of methoxy groups -OCH3 is 1. The summed E-state index contributed by atoms with van der Waals surface area (Å²) in [6.07, 6.45) is 0. The predicted molar refractivity (Wildman–Crippen MR) is 86.2 cm³/mol. The lowest BCUT2D eigenvalue weighted by Gasteiger charge is -2.18.